The van der Waals surface area contributed by atoms with Crippen LogP contribution in [-0.4, -0.2) is 23.5 Å². The van der Waals surface area contributed by atoms with E-state index in [1.165, 1.54) is 0 Å². The molecular weight excluding hydrogens is 254 g/mol. The van der Waals surface area contributed by atoms with Gasteiger partial charge in [0.2, 0.25) is 0 Å². The Morgan fingerprint density at radius 2 is 2.20 bits per heavy atom. The maximum absolute atomic E-state index is 11.2. The molecule has 0 aromatic carbocycles. The Hall–Kier alpha value is -1.50. The summed E-state index contributed by atoms with van der Waals surface area (Å²) in [6.07, 6.45) is 2.99. The van der Waals surface area contributed by atoms with Crippen LogP contribution in [0.5, 0.6) is 0 Å². The zero-order valence-electron chi connectivity index (χ0n) is 12.5. The monoisotopic (exact) mass is 277 g/mol. The second-order valence-corrected chi connectivity index (χ2v) is 6.30. The number of carbonyl (C=O) groups excluding carboxylic acids is 1. The van der Waals surface area contributed by atoms with Crippen molar-refractivity contribution in [3.8, 4) is 11.8 Å². The second kappa shape index (κ2) is 5.87. The summed E-state index contributed by atoms with van der Waals surface area (Å²) in [5.74, 6) is 6.95. The minimum atomic E-state index is -0.274. The Morgan fingerprint density at radius 1 is 1.45 bits per heavy atom. The molecule has 0 aliphatic heterocycles. The lowest BCUT2D eigenvalue weighted by atomic mass is 9.46. The minimum Gasteiger partial charge on any atom is -0.465 e. The van der Waals surface area contributed by atoms with Crippen molar-refractivity contribution in [3.05, 3.63) is 0 Å². The predicted molar refractivity (Wildman–Crippen MR) is 76.3 cm³/mol. The van der Waals surface area contributed by atoms with Gasteiger partial charge in [-0.1, -0.05) is 24.9 Å². The van der Waals surface area contributed by atoms with Gasteiger partial charge < -0.3 is 9.94 Å². The zero-order valence-corrected chi connectivity index (χ0v) is 12.5. The van der Waals surface area contributed by atoms with E-state index >= 15 is 0 Å². The average Bonchev–Trinajstić information content (AvgIpc) is 2.43. The molecule has 0 aromatic rings. The van der Waals surface area contributed by atoms with E-state index in [1.54, 1.807) is 6.92 Å². The fourth-order valence-corrected chi connectivity index (χ4v) is 3.55. The van der Waals surface area contributed by atoms with Crippen LogP contribution in [0.25, 0.3) is 0 Å². The van der Waals surface area contributed by atoms with Crippen LogP contribution in [-0.2, 0) is 9.53 Å². The summed E-state index contributed by atoms with van der Waals surface area (Å²) in [6.45, 7) is 6.67. The molecule has 4 nitrogen and oxygen atoms in total. The third-order valence-corrected chi connectivity index (χ3v) is 4.94. The lowest BCUT2D eigenvalue weighted by Gasteiger charge is -2.58. The first-order valence-corrected chi connectivity index (χ1v) is 7.33. The highest BCUT2D eigenvalue weighted by Gasteiger charge is 2.56. The van der Waals surface area contributed by atoms with Gasteiger partial charge in [0.1, 0.15) is 6.42 Å². The summed E-state index contributed by atoms with van der Waals surface area (Å²) < 4.78 is 4.82. The SMILES string of the molecule is CCOC(=O)CC#CCC1CC2CC(C1=NO)C2(C)C. The van der Waals surface area contributed by atoms with Gasteiger partial charge in [-0.2, -0.15) is 0 Å². The Kier molecular flexibility index (Phi) is 4.37. The van der Waals surface area contributed by atoms with Crippen LogP contribution in [0.15, 0.2) is 5.16 Å². The second-order valence-electron chi connectivity index (χ2n) is 6.30. The van der Waals surface area contributed by atoms with Gasteiger partial charge in [-0.25, -0.2) is 0 Å². The Balaban J connectivity index is 1.89. The minimum absolute atomic E-state index is 0.143. The predicted octanol–water partition coefficient (Wildman–Crippen LogP) is 2.85. The molecule has 0 radical (unpaired) electrons. The molecule has 0 heterocycles. The maximum Gasteiger partial charge on any atom is 0.317 e. The number of hydrogen-bond acceptors (Lipinski definition) is 4. The van der Waals surface area contributed by atoms with Gasteiger partial charge >= 0.3 is 5.97 Å². The van der Waals surface area contributed by atoms with Gasteiger partial charge in [-0.05, 0) is 31.1 Å². The van der Waals surface area contributed by atoms with Gasteiger partial charge in [0.05, 0.1) is 12.3 Å². The van der Waals surface area contributed by atoms with Gasteiger partial charge in [0, 0.05) is 18.3 Å². The Labute approximate surface area is 120 Å². The van der Waals surface area contributed by atoms with E-state index in [1.807, 2.05) is 0 Å². The number of ether oxygens (including phenoxy) is 1. The first kappa shape index (κ1) is 14.9. The van der Waals surface area contributed by atoms with Gasteiger partial charge in [-0.15, -0.1) is 5.92 Å². The molecule has 0 aromatic heterocycles. The number of nitrogens with zero attached hydrogens (tertiary/aromatic N) is 1. The van der Waals surface area contributed by atoms with E-state index in [0.29, 0.717) is 24.9 Å². The van der Waals surface area contributed by atoms with Crippen molar-refractivity contribution in [3.63, 3.8) is 0 Å². The topological polar surface area (TPSA) is 58.9 Å². The first-order valence-electron chi connectivity index (χ1n) is 7.33. The van der Waals surface area contributed by atoms with Crippen LogP contribution in [0.1, 0.15) is 46.5 Å². The molecular formula is C16H23NO3. The van der Waals surface area contributed by atoms with Crippen LogP contribution in [0.3, 0.4) is 0 Å². The van der Waals surface area contributed by atoms with Gasteiger partial charge in [0.15, 0.2) is 0 Å². The maximum atomic E-state index is 11.2. The summed E-state index contributed by atoms with van der Waals surface area (Å²) in [5, 5.41) is 12.8. The number of esters is 1. The van der Waals surface area contributed by atoms with Crippen molar-refractivity contribution in [1.29, 1.82) is 0 Å². The highest BCUT2D eigenvalue weighted by molar-refractivity contribution is 5.91. The van der Waals surface area contributed by atoms with E-state index in [4.69, 9.17) is 4.74 Å². The van der Waals surface area contributed by atoms with Crippen LogP contribution < -0.4 is 0 Å². The lowest BCUT2D eigenvalue weighted by Crippen LogP contribution is -2.56. The molecule has 0 saturated heterocycles. The summed E-state index contributed by atoms with van der Waals surface area (Å²) >= 11 is 0. The lowest BCUT2D eigenvalue weighted by molar-refractivity contribution is -0.141. The van der Waals surface area contributed by atoms with E-state index in [-0.39, 0.29) is 23.7 Å². The molecule has 3 aliphatic rings. The number of fused-ring (bicyclic) bond motifs is 2. The summed E-state index contributed by atoms with van der Waals surface area (Å²) in [7, 11) is 0. The van der Waals surface area contributed by atoms with Crippen LogP contribution in [0, 0.1) is 35.0 Å². The Morgan fingerprint density at radius 3 is 2.80 bits per heavy atom. The van der Waals surface area contributed by atoms with Crippen LogP contribution >= 0.6 is 0 Å². The van der Waals surface area contributed by atoms with E-state index in [0.717, 1.165) is 18.6 Å². The molecule has 0 spiro atoms. The highest BCUT2D eigenvalue weighted by Crippen LogP contribution is 2.59. The molecule has 110 valence electrons. The molecule has 3 aliphatic carbocycles. The van der Waals surface area contributed by atoms with Crippen molar-refractivity contribution in [1.82, 2.24) is 0 Å². The van der Waals surface area contributed by atoms with E-state index in [9.17, 15) is 10.0 Å². The number of carbonyl (C=O) groups is 1. The molecule has 2 bridgehead atoms. The summed E-state index contributed by atoms with van der Waals surface area (Å²) in [5.41, 5.74) is 1.17. The fraction of sp³-hybridized carbons (Fsp3) is 0.750. The van der Waals surface area contributed by atoms with Gasteiger partial charge in [0.25, 0.3) is 0 Å². The molecule has 3 atom stereocenters. The zero-order chi connectivity index (χ0) is 14.8. The highest BCUT2D eigenvalue weighted by atomic mass is 16.5. The number of rotatable bonds is 3. The molecule has 3 fully saturated rings. The number of oxime groups is 1. The van der Waals surface area contributed by atoms with E-state index in [2.05, 4.69) is 30.8 Å². The molecule has 3 rings (SSSR count). The standard InChI is InChI=1S/C16H23NO3/c1-4-20-14(18)8-6-5-7-11-9-12-10-13(15(11)17-19)16(12,2)3/h11-13,19H,4,7-10H2,1-3H3. The smallest absolute Gasteiger partial charge is 0.317 e. The molecule has 20 heavy (non-hydrogen) atoms. The van der Waals surface area contributed by atoms with Crippen LogP contribution in [0.2, 0.25) is 0 Å². The van der Waals surface area contributed by atoms with Crippen molar-refractivity contribution >= 4 is 11.7 Å². The molecule has 3 saturated carbocycles. The summed E-state index contributed by atoms with van der Waals surface area (Å²) in [4.78, 5) is 11.2. The van der Waals surface area contributed by atoms with Crippen molar-refractivity contribution in [2.45, 2.75) is 46.5 Å². The third-order valence-electron chi connectivity index (χ3n) is 4.94. The van der Waals surface area contributed by atoms with Crippen molar-refractivity contribution in [2.24, 2.45) is 28.3 Å². The normalized spacial score (nSPS) is 31.9. The van der Waals surface area contributed by atoms with E-state index < -0.39 is 0 Å². The first-order chi connectivity index (χ1) is 9.50. The molecule has 0 amide bonds. The van der Waals surface area contributed by atoms with Gasteiger partial charge in [-0.3, -0.25) is 4.79 Å². The molecule has 4 heteroatoms. The molecule has 1 N–H and O–H groups in total. The van der Waals surface area contributed by atoms with Crippen molar-refractivity contribution < 1.29 is 14.7 Å². The average molecular weight is 277 g/mol. The summed E-state index contributed by atoms with van der Waals surface area (Å²) in [6, 6.07) is 0. The number of hydrogen-bond donors (Lipinski definition) is 1. The van der Waals surface area contributed by atoms with Crippen LogP contribution in [0.4, 0.5) is 0 Å². The largest absolute Gasteiger partial charge is 0.465 e. The third kappa shape index (κ3) is 2.67. The quantitative estimate of drug-likeness (QED) is 0.373. The van der Waals surface area contributed by atoms with Crippen molar-refractivity contribution in [2.75, 3.05) is 6.61 Å². The fourth-order valence-electron chi connectivity index (χ4n) is 3.55. The Bertz CT molecular complexity index is 470. The molecule has 3 unspecified atom stereocenters.